The van der Waals surface area contributed by atoms with Crippen molar-refractivity contribution >= 4 is 0 Å². The lowest BCUT2D eigenvalue weighted by molar-refractivity contribution is -0.0286. The smallest absolute Gasteiger partial charge is 0.0744 e. The number of hydrogen-bond donors (Lipinski definition) is 4. The Bertz CT molecular complexity index is 140. The molecule has 0 saturated carbocycles. The highest BCUT2D eigenvalue weighted by Gasteiger charge is 2.35. The van der Waals surface area contributed by atoms with Crippen LogP contribution in [0.25, 0.3) is 0 Å². The van der Waals surface area contributed by atoms with E-state index in [1.807, 2.05) is 6.92 Å². The van der Waals surface area contributed by atoms with Gasteiger partial charge in [0.05, 0.1) is 6.10 Å². The molecular formula is C8H17NO3. The summed E-state index contributed by atoms with van der Waals surface area (Å²) in [6.45, 7) is 2.50. The van der Waals surface area contributed by atoms with Crippen LogP contribution >= 0.6 is 0 Å². The Labute approximate surface area is 72.2 Å². The van der Waals surface area contributed by atoms with Gasteiger partial charge in [-0.25, -0.2) is 0 Å². The zero-order chi connectivity index (χ0) is 9.14. The maximum Gasteiger partial charge on any atom is 0.0744 e. The molecule has 72 valence electrons. The van der Waals surface area contributed by atoms with Crippen molar-refractivity contribution in [3.05, 3.63) is 0 Å². The van der Waals surface area contributed by atoms with Gasteiger partial charge in [0.2, 0.25) is 0 Å². The van der Waals surface area contributed by atoms with Gasteiger partial charge in [-0.05, 0) is 6.92 Å². The number of piperidine rings is 1. The lowest BCUT2D eigenvalue weighted by Gasteiger charge is -2.38. The average Bonchev–Trinajstić information content (AvgIpc) is 2.09. The third-order valence-electron chi connectivity index (χ3n) is 2.70. The first-order valence-corrected chi connectivity index (χ1v) is 4.33. The highest BCUT2D eigenvalue weighted by molar-refractivity contribution is 4.89. The molecule has 4 heteroatoms. The predicted octanol–water partition coefficient (Wildman–Crippen LogP) is -1.44. The molecule has 4 unspecified atom stereocenters. The summed E-state index contributed by atoms with van der Waals surface area (Å²) in [5.41, 5.74) is 0. The molecule has 4 atom stereocenters. The minimum Gasteiger partial charge on any atom is -0.396 e. The molecular weight excluding hydrogens is 158 g/mol. The standard InChI is InChI=1S/C8H17NO3/c1-5-8(12)7(4-11)6(3-10)2-9-5/h5-12H,2-4H2,1H3. The van der Waals surface area contributed by atoms with Gasteiger partial charge in [-0.3, -0.25) is 0 Å². The van der Waals surface area contributed by atoms with Gasteiger partial charge in [-0.15, -0.1) is 0 Å². The molecule has 0 aliphatic carbocycles. The van der Waals surface area contributed by atoms with E-state index in [1.165, 1.54) is 0 Å². The summed E-state index contributed by atoms with van der Waals surface area (Å²) in [4.78, 5) is 0. The molecule has 0 spiro atoms. The van der Waals surface area contributed by atoms with Crippen LogP contribution in [0.4, 0.5) is 0 Å². The molecule has 1 fully saturated rings. The van der Waals surface area contributed by atoms with Gasteiger partial charge in [-0.2, -0.15) is 0 Å². The van der Waals surface area contributed by atoms with E-state index in [-0.39, 0.29) is 31.1 Å². The fourth-order valence-electron chi connectivity index (χ4n) is 1.72. The van der Waals surface area contributed by atoms with Gasteiger partial charge >= 0.3 is 0 Å². The van der Waals surface area contributed by atoms with E-state index in [4.69, 9.17) is 10.2 Å². The Morgan fingerprint density at radius 3 is 2.50 bits per heavy atom. The molecule has 1 saturated heterocycles. The summed E-state index contributed by atoms with van der Waals surface area (Å²) in [7, 11) is 0. The minimum absolute atomic E-state index is 0.00458. The van der Waals surface area contributed by atoms with Crippen LogP contribution in [-0.4, -0.2) is 47.2 Å². The molecule has 1 rings (SSSR count). The van der Waals surface area contributed by atoms with E-state index in [0.29, 0.717) is 6.54 Å². The molecule has 0 radical (unpaired) electrons. The fourth-order valence-corrected chi connectivity index (χ4v) is 1.72. The van der Waals surface area contributed by atoms with Crippen LogP contribution in [0.2, 0.25) is 0 Å². The maximum absolute atomic E-state index is 9.61. The van der Waals surface area contributed by atoms with E-state index >= 15 is 0 Å². The first-order valence-electron chi connectivity index (χ1n) is 4.33. The number of aliphatic hydroxyl groups is 3. The first kappa shape index (κ1) is 9.92. The molecule has 4 N–H and O–H groups in total. The quantitative estimate of drug-likeness (QED) is 0.414. The molecule has 1 aliphatic rings. The van der Waals surface area contributed by atoms with Crippen molar-refractivity contribution < 1.29 is 15.3 Å². The van der Waals surface area contributed by atoms with Gasteiger partial charge in [0, 0.05) is 37.6 Å². The summed E-state index contributed by atoms with van der Waals surface area (Å²) in [5.74, 6) is -0.215. The Hall–Kier alpha value is -0.160. The molecule has 1 aliphatic heterocycles. The average molecular weight is 175 g/mol. The molecule has 0 bridgehead atoms. The van der Waals surface area contributed by atoms with Crippen LogP contribution in [0, 0.1) is 11.8 Å². The fraction of sp³-hybridized carbons (Fsp3) is 1.00. The van der Waals surface area contributed by atoms with Crippen LogP contribution in [0.1, 0.15) is 6.92 Å². The Kier molecular flexibility index (Phi) is 3.46. The molecule has 4 nitrogen and oxygen atoms in total. The van der Waals surface area contributed by atoms with Gasteiger partial charge < -0.3 is 20.6 Å². The number of rotatable bonds is 2. The molecule has 0 amide bonds. The normalized spacial score (nSPS) is 43.0. The number of hydrogen-bond acceptors (Lipinski definition) is 4. The Morgan fingerprint density at radius 1 is 1.33 bits per heavy atom. The van der Waals surface area contributed by atoms with Crippen LogP contribution in [0.3, 0.4) is 0 Å². The van der Waals surface area contributed by atoms with Gasteiger partial charge in [0.25, 0.3) is 0 Å². The Morgan fingerprint density at radius 2 is 2.00 bits per heavy atom. The SMILES string of the molecule is CC1NCC(CO)C(CO)C1O. The van der Waals surface area contributed by atoms with E-state index in [0.717, 1.165) is 0 Å². The van der Waals surface area contributed by atoms with Crippen molar-refractivity contribution in [2.45, 2.75) is 19.1 Å². The molecule has 1 heterocycles. The first-order chi connectivity index (χ1) is 5.70. The second kappa shape index (κ2) is 4.18. The summed E-state index contributed by atoms with van der Waals surface area (Å²) >= 11 is 0. The molecule has 0 aromatic rings. The van der Waals surface area contributed by atoms with Gasteiger partial charge in [0.1, 0.15) is 0 Å². The Balaban J connectivity index is 2.58. The lowest BCUT2D eigenvalue weighted by atomic mass is 9.82. The van der Waals surface area contributed by atoms with E-state index in [9.17, 15) is 5.11 Å². The van der Waals surface area contributed by atoms with E-state index < -0.39 is 6.10 Å². The summed E-state index contributed by atoms with van der Waals surface area (Å²) in [5, 5.41) is 30.6. The maximum atomic E-state index is 9.61. The van der Waals surface area contributed by atoms with Crippen LogP contribution < -0.4 is 5.32 Å². The van der Waals surface area contributed by atoms with Crippen molar-refractivity contribution in [3.8, 4) is 0 Å². The van der Waals surface area contributed by atoms with Crippen molar-refractivity contribution in [1.29, 1.82) is 0 Å². The third kappa shape index (κ3) is 1.77. The van der Waals surface area contributed by atoms with Crippen molar-refractivity contribution in [2.24, 2.45) is 11.8 Å². The highest BCUT2D eigenvalue weighted by Crippen LogP contribution is 2.21. The molecule has 0 aromatic carbocycles. The second-order valence-corrected chi connectivity index (χ2v) is 3.48. The molecule has 12 heavy (non-hydrogen) atoms. The van der Waals surface area contributed by atoms with Gasteiger partial charge in [0.15, 0.2) is 0 Å². The van der Waals surface area contributed by atoms with E-state index in [2.05, 4.69) is 5.32 Å². The van der Waals surface area contributed by atoms with Crippen LogP contribution in [0.15, 0.2) is 0 Å². The monoisotopic (exact) mass is 175 g/mol. The zero-order valence-electron chi connectivity index (χ0n) is 7.27. The number of aliphatic hydroxyl groups excluding tert-OH is 3. The zero-order valence-corrected chi connectivity index (χ0v) is 7.27. The second-order valence-electron chi connectivity index (χ2n) is 3.48. The third-order valence-corrected chi connectivity index (χ3v) is 2.70. The summed E-state index contributed by atoms with van der Waals surface area (Å²) in [6, 6.07) is 0.00458. The number of nitrogens with one attached hydrogen (secondary N) is 1. The van der Waals surface area contributed by atoms with Crippen molar-refractivity contribution in [3.63, 3.8) is 0 Å². The molecule has 0 aromatic heterocycles. The van der Waals surface area contributed by atoms with Crippen LogP contribution in [0.5, 0.6) is 0 Å². The highest BCUT2D eigenvalue weighted by atomic mass is 16.3. The lowest BCUT2D eigenvalue weighted by Crippen LogP contribution is -2.54. The topological polar surface area (TPSA) is 72.7 Å². The van der Waals surface area contributed by atoms with Gasteiger partial charge in [-0.1, -0.05) is 0 Å². The van der Waals surface area contributed by atoms with E-state index in [1.54, 1.807) is 0 Å². The summed E-state index contributed by atoms with van der Waals surface area (Å²) in [6.07, 6.45) is -0.555. The minimum atomic E-state index is -0.555. The summed E-state index contributed by atoms with van der Waals surface area (Å²) < 4.78 is 0. The van der Waals surface area contributed by atoms with Crippen molar-refractivity contribution in [2.75, 3.05) is 19.8 Å². The van der Waals surface area contributed by atoms with Crippen LogP contribution in [-0.2, 0) is 0 Å². The predicted molar refractivity (Wildman–Crippen MR) is 44.6 cm³/mol. The largest absolute Gasteiger partial charge is 0.396 e. The van der Waals surface area contributed by atoms with Crippen molar-refractivity contribution in [1.82, 2.24) is 5.32 Å².